The molecule has 0 aliphatic carbocycles. The number of aromatic nitrogens is 2. The molecule has 0 aliphatic rings. The molecule has 0 aliphatic heterocycles. The van der Waals surface area contributed by atoms with Crippen molar-refractivity contribution in [2.45, 2.75) is 0 Å². The van der Waals surface area contributed by atoms with E-state index in [2.05, 4.69) is 5.10 Å². The lowest BCUT2D eigenvalue weighted by Crippen LogP contribution is -1.96. The van der Waals surface area contributed by atoms with Crippen molar-refractivity contribution < 1.29 is 9.53 Å². The topological polar surface area (TPSA) is 44.1 Å². The summed E-state index contributed by atoms with van der Waals surface area (Å²) >= 11 is 12.0. The molecule has 0 saturated heterocycles. The lowest BCUT2D eigenvalue weighted by molar-refractivity contribution is 0.112. The van der Waals surface area contributed by atoms with Crippen LogP contribution in [0.25, 0.3) is 5.69 Å². The van der Waals surface area contributed by atoms with E-state index in [-0.39, 0.29) is 5.88 Å². The number of para-hydroxylation sites is 1. The summed E-state index contributed by atoms with van der Waals surface area (Å²) in [5.41, 5.74) is 0.937. The van der Waals surface area contributed by atoms with E-state index >= 15 is 0 Å². The Balaban J connectivity index is 1.99. The summed E-state index contributed by atoms with van der Waals surface area (Å²) in [6.07, 6.45) is 2.24. The van der Waals surface area contributed by atoms with Gasteiger partial charge in [-0.1, -0.05) is 41.4 Å². The number of aldehydes is 1. The minimum absolute atomic E-state index is 0.215. The number of hydrogen-bond acceptors (Lipinski definition) is 3. The minimum Gasteiger partial charge on any atom is -0.437 e. The highest BCUT2D eigenvalue weighted by Gasteiger charge is 2.13. The standard InChI is InChI=1S/C16H10Cl2N2O2/c17-12-6-7-15(14(18)8-12)20-9-11(10-21)16(19-20)22-13-4-2-1-3-5-13/h1-10H. The number of halogens is 2. The fourth-order valence-corrected chi connectivity index (χ4v) is 2.42. The third-order valence-corrected chi connectivity index (χ3v) is 3.49. The van der Waals surface area contributed by atoms with Crippen LogP contribution in [-0.2, 0) is 0 Å². The highest BCUT2D eigenvalue weighted by atomic mass is 35.5. The van der Waals surface area contributed by atoms with Gasteiger partial charge in [-0.3, -0.25) is 4.79 Å². The third-order valence-electron chi connectivity index (χ3n) is 2.95. The van der Waals surface area contributed by atoms with Gasteiger partial charge in [0.2, 0.25) is 5.88 Å². The van der Waals surface area contributed by atoms with Crippen LogP contribution in [0.4, 0.5) is 0 Å². The molecule has 0 atom stereocenters. The van der Waals surface area contributed by atoms with Gasteiger partial charge >= 0.3 is 0 Å². The molecule has 0 bridgehead atoms. The average Bonchev–Trinajstić information content (AvgIpc) is 2.91. The maximum atomic E-state index is 11.2. The van der Waals surface area contributed by atoms with Crippen molar-refractivity contribution in [3.63, 3.8) is 0 Å². The normalized spacial score (nSPS) is 10.5. The van der Waals surface area contributed by atoms with Crippen LogP contribution < -0.4 is 4.74 Å². The molecular formula is C16H10Cl2N2O2. The van der Waals surface area contributed by atoms with E-state index in [1.807, 2.05) is 18.2 Å². The first kappa shape index (κ1) is 14.6. The van der Waals surface area contributed by atoms with Crippen molar-refractivity contribution in [1.82, 2.24) is 9.78 Å². The lowest BCUT2D eigenvalue weighted by Gasteiger charge is -2.04. The van der Waals surface area contributed by atoms with Crippen molar-refractivity contribution >= 4 is 29.5 Å². The summed E-state index contributed by atoms with van der Waals surface area (Å²) in [6.45, 7) is 0. The molecule has 2 aromatic carbocycles. The number of carbonyl (C=O) groups excluding carboxylic acids is 1. The quantitative estimate of drug-likeness (QED) is 0.645. The SMILES string of the molecule is O=Cc1cn(-c2ccc(Cl)cc2Cl)nc1Oc1ccccc1. The van der Waals surface area contributed by atoms with Crippen LogP contribution in [0.2, 0.25) is 10.0 Å². The summed E-state index contributed by atoms with van der Waals surface area (Å²) in [5, 5.41) is 5.23. The zero-order valence-corrected chi connectivity index (χ0v) is 12.8. The minimum atomic E-state index is 0.215. The summed E-state index contributed by atoms with van der Waals surface area (Å²) in [7, 11) is 0. The Kier molecular flexibility index (Phi) is 4.13. The summed E-state index contributed by atoms with van der Waals surface area (Å²) in [6, 6.07) is 14.1. The molecule has 1 heterocycles. The Morgan fingerprint density at radius 3 is 2.55 bits per heavy atom. The largest absolute Gasteiger partial charge is 0.437 e. The van der Waals surface area contributed by atoms with Crippen LogP contribution in [0.3, 0.4) is 0 Å². The number of carbonyl (C=O) groups is 1. The van der Waals surface area contributed by atoms with Crippen LogP contribution >= 0.6 is 23.2 Å². The molecule has 0 unspecified atom stereocenters. The van der Waals surface area contributed by atoms with Crippen molar-refractivity contribution in [2.24, 2.45) is 0 Å². The molecule has 0 N–H and O–H groups in total. The molecule has 110 valence electrons. The van der Waals surface area contributed by atoms with Crippen LogP contribution in [0, 0.1) is 0 Å². The molecule has 4 nitrogen and oxygen atoms in total. The Hall–Kier alpha value is -2.30. The molecule has 0 radical (unpaired) electrons. The molecule has 3 aromatic rings. The van der Waals surface area contributed by atoms with Gasteiger partial charge in [-0.15, -0.1) is 5.10 Å². The predicted octanol–water partition coefficient (Wildman–Crippen LogP) is 4.78. The fourth-order valence-electron chi connectivity index (χ4n) is 1.92. The van der Waals surface area contributed by atoms with Gasteiger partial charge in [0, 0.05) is 11.2 Å². The van der Waals surface area contributed by atoms with Gasteiger partial charge in [0.1, 0.15) is 5.75 Å². The van der Waals surface area contributed by atoms with Crippen molar-refractivity contribution in [2.75, 3.05) is 0 Å². The van der Waals surface area contributed by atoms with E-state index in [4.69, 9.17) is 27.9 Å². The van der Waals surface area contributed by atoms with Gasteiger partial charge in [0.15, 0.2) is 6.29 Å². The molecular weight excluding hydrogens is 323 g/mol. The second-order valence-electron chi connectivity index (χ2n) is 4.46. The van der Waals surface area contributed by atoms with Gasteiger partial charge in [-0.2, -0.15) is 0 Å². The molecule has 0 amide bonds. The third kappa shape index (κ3) is 2.98. The first-order chi connectivity index (χ1) is 10.7. The monoisotopic (exact) mass is 332 g/mol. The Morgan fingerprint density at radius 1 is 1.09 bits per heavy atom. The van der Waals surface area contributed by atoms with Crippen molar-refractivity contribution in [3.8, 4) is 17.3 Å². The summed E-state index contributed by atoms with van der Waals surface area (Å²) < 4.78 is 7.12. The predicted molar refractivity (Wildman–Crippen MR) is 85.5 cm³/mol. The second-order valence-corrected chi connectivity index (χ2v) is 5.31. The molecule has 0 spiro atoms. The highest BCUT2D eigenvalue weighted by Crippen LogP contribution is 2.28. The van der Waals surface area contributed by atoms with E-state index in [1.54, 1.807) is 36.5 Å². The van der Waals surface area contributed by atoms with E-state index in [1.165, 1.54) is 4.68 Å². The first-order valence-electron chi connectivity index (χ1n) is 6.40. The van der Waals surface area contributed by atoms with Gasteiger partial charge < -0.3 is 4.74 Å². The number of hydrogen-bond donors (Lipinski definition) is 0. The van der Waals surface area contributed by atoms with E-state index < -0.39 is 0 Å². The number of ether oxygens (including phenoxy) is 1. The Labute approximate surface area is 136 Å². The molecule has 6 heteroatoms. The summed E-state index contributed by atoms with van der Waals surface area (Å²) in [4.78, 5) is 11.2. The summed E-state index contributed by atoms with van der Waals surface area (Å²) in [5.74, 6) is 0.810. The second kappa shape index (κ2) is 6.22. The molecule has 22 heavy (non-hydrogen) atoms. The molecule has 0 fully saturated rings. The molecule has 3 rings (SSSR count). The van der Waals surface area contributed by atoms with Crippen LogP contribution in [0.5, 0.6) is 11.6 Å². The van der Waals surface area contributed by atoms with Crippen LogP contribution in [0.1, 0.15) is 10.4 Å². The zero-order chi connectivity index (χ0) is 15.5. The van der Waals surface area contributed by atoms with Gasteiger partial charge in [0.25, 0.3) is 0 Å². The number of rotatable bonds is 4. The van der Waals surface area contributed by atoms with Crippen molar-refractivity contribution in [3.05, 3.63) is 70.3 Å². The maximum absolute atomic E-state index is 11.2. The zero-order valence-electron chi connectivity index (χ0n) is 11.2. The molecule has 1 aromatic heterocycles. The van der Waals surface area contributed by atoms with Crippen molar-refractivity contribution in [1.29, 1.82) is 0 Å². The fraction of sp³-hybridized carbons (Fsp3) is 0. The van der Waals surface area contributed by atoms with Crippen LogP contribution in [0.15, 0.2) is 54.7 Å². The molecule has 0 saturated carbocycles. The Bertz CT molecular complexity index is 816. The van der Waals surface area contributed by atoms with E-state index in [0.717, 1.165) is 0 Å². The Morgan fingerprint density at radius 2 is 1.86 bits per heavy atom. The van der Waals surface area contributed by atoms with E-state index in [9.17, 15) is 4.79 Å². The van der Waals surface area contributed by atoms with Gasteiger partial charge in [-0.05, 0) is 30.3 Å². The maximum Gasteiger partial charge on any atom is 0.249 e. The van der Waals surface area contributed by atoms with E-state index in [0.29, 0.717) is 33.3 Å². The lowest BCUT2D eigenvalue weighted by atomic mass is 10.3. The van der Waals surface area contributed by atoms with Gasteiger partial charge in [-0.25, -0.2) is 4.68 Å². The van der Waals surface area contributed by atoms with Crippen LogP contribution in [-0.4, -0.2) is 16.1 Å². The highest BCUT2D eigenvalue weighted by molar-refractivity contribution is 6.35. The smallest absolute Gasteiger partial charge is 0.249 e. The number of nitrogens with zero attached hydrogens (tertiary/aromatic N) is 2. The van der Waals surface area contributed by atoms with Gasteiger partial charge in [0.05, 0.1) is 16.3 Å². The first-order valence-corrected chi connectivity index (χ1v) is 7.16. The number of benzene rings is 2. The average molecular weight is 333 g/mol.